The van der Waals surface area contributed by atoms with Gasteiger partial charge in [0, 0.05) is 19.1 Å². The molecule has 0 unspecified atom stereocenters. The normalized spacial score (nSPS) is 21.1. The first-order chi connectivity index (χ1) is 12.4. The van der Waals surface area contributed by atoms with Crippen LogP contribution in [0.1, 0.15) is 43.2 Å². The number of piperidine rings is 1. The second-order valence-corrected chi connectivity index (χ2v) is 7.53. The maximum atomic E-state index is 12.8. The standard InChI is InChI=1S/C20H27F3N2O.ClH/c21-20(22,23)14-17-8-6-16(7-9-17)13-19(26)25-12-2-1-5-18(25)15-24-10-3-4-11-24;/h6-9,18H,1-5,10-15H2;1H/t18-;/m0./s1. The summed E-state index contributed by atoms with van der Waals surface area (Å²) in [6.45, 7) is 4.00. The van der Waals surface area contributed by atoms with Crippen molar-refractivity contribution in [3.63, 3.8) is 0 Å². The van der Waals surface area contributed by atoms with E-state index in [2.05, 4.69) is 4.90 Å². The summed E-state index contributed by atoms with van der Waals surface area (Å²) in [5, 5.41) is 0. The van der Waals surface area contributed by atoms with Crippen molar-refractivity contribution in [2.45, 2.75) is 57.2 Å². The van der Waals surface area contributed by atoms with E-state index in [9.17, 15) is 18.0 Å². The number of likely N-dealkylation sites (tertiary alicyclic amines) is 2. The van der Waals surface area contributed by atoms with Crippen LogP contribution in [0.15, 0.2) is 24.3 Å². The Labute approximate surface area is 165 Å². The van der Waals surface area contributed by atoms with E-state index in [1.165, 1.54) is 25.0 Å². The number of hydrogen-bond acceptors (Lipinski definition) is 2. The molecule has 27 heavy (non-hydrogen) atoms. The van der Waals surface area contributed by atoms with Crippen LogP contribution in [0.25, 0.3) is 0 Å². The van der Waals surface area contributed by atoms with Gasteiger partial charge in [0.05, 0.1) is 12.8 Å². The molecule has 1 atom stereocenters. The summed E-state index contributed by atoms with van der Waals surface area (Å²) in [7, 11) is 0. The minimum Gasteiger partial charge on any atom is -0.338 e. The second-order valence-electron chi connectivity index (χ2n) is 7.53. The Hall–Kier alpha value is -1.27. The molecule has 0 N–H and O–H groups in total. The molecule has 0 bridgehead atoms. The van der Waals surface area contributed by atoms with Gasteiger partial charge in [-0.05, 0) is 56.3 Å². The van der Waals surface area contributed by atoms with Crippen molar-refractivity contribution >= 4 is 18.3 Å². The molecule has 2 aliphatic rings. The van der Waals surface area contributed by atoms with E-state index in [0.717, 1.165) is 51.0 Å². The van der Waals surface area contributed by atoms with Crippen LogP contribution >= 0.6 is 12.4 Å². The smallest absolute Gasteiger partial charge is 0.338 e. The van der Waals surface area contributed by atoms with Crippen LogP contribution in [0.2, 0.25) is 0 Å². The maximum absolute atomic E-state index is 12.8. The van der Waals surface area contributed by atoms with Crippen LogP contribution in [0, 0.1) is 0 Å². The fourth-order valence-corrected chi connectivity index (χ4v) is 4.06. The second kappa shape index (κ2) is 9.78. The molecule has 1 amide bonds. The van der Waals surface area contributed by atoms with Crippen molar-refractivity contribution in [2.24, 2.45) is 0 Å². The van der Waals surface area contributed by atoms with E-state index in [-0.39, 0.29) is 36.3 Å². The first-order valence-electron chi connectivity index (χ1n) is 9.57. The molecule has 2 fully saturated rings. The van der Waals surface area contributed by atoms with Crippen molar-refractivity contribution in [1.82, 2.24) is 9.80 Å². The highest BCUT2D eigenvalue weighted by Crippen LogP contribution is 2.23. The maximum Gasteiger partial charge on any atom is 0.393 e. The van der Waals surface area contributed by atoms with Gasteiger partial charge in [-0.1, -0.05) is 24.3 Å². The summed E-state index contributed by atoms with van der Waals surface area (Å²) < 4.78 is 37.3. The number of carbonyl (C=O) groups is 1. The molecule has 3 nitrogen and oxygen atoms in total. The van der Waals surface area contributed by atoms with Gasteiger partial charge >= 0.3 is 6.18 Å². The molecular weight excluding hydrogens is 377 g/mol. The Bertz CT molecular complexity index is 600. The number of rotatable bonds is 5. The molecule has 152 valence electrons. The molecule has 0 radical (unpaired) electrons. The monoisotopic (exact) mass is 404 g/mol. The Morgan fingerprint density at radius 3 is 2.19 bits per heavy atom. The van der Waals surface area contributed by atoms with Gasteiger partial charge in [-0.25, -0.2) is 0 Å². The first kappa shape index (κ1) is 22.0. The number of benzene rings is 1. The topological polar surface area (TPSA) is 23.6 Å². The highest BCUT2D eigenvalue weighted by atomic mass is 35.5. The minimum atomic E-state index is -4.20. The van der Waals surface area contributed by atoms with E-state index >= 15 is 0 Å². The van der Waals surface area contributed by atoms with Crippen molar-refractivity contribution in [3.8, 4) is 0 Å². The van der Waals surface area contributed by atoms with Crippen molar-refractivity contribution < 1.29 is 18.0 Å². The lowest BCUT2D eigenvalue weighted by molar-refractivity contribution is -0.134. The van der Waals surface area contributed by atoms with Gasteiger partial charge in [0.1, 0.15) is 0 Å². The lowest BCUT2D eigenvalue weighted by atomic mass is 9.99. The molecule has 1 aromatic rings. The number of carbonyl (C=O) groups excluding carboxylic acids is 1. The summed E-state index contributed by atoms with van der Waals surface area (Å²) in [5.41, 5.74) is 1.02. The van der Waals surface area contributed by atoms with Gasteiger partial charge in [-0.3, -0.25) is 4.79 Å². The van der Waals surface area contributed by atoms with Gasteiger partial charge in [0.25, 0.3) is 0 Å². The number of nitrogens with zero attached hydrogens (tertiary/aromatic N) is 2. The van der Waals surface area contributed by atoms with Gasteiger partial charge < -0.3 is 9.80 Å². The molecule has 3 rings (SSSR count). The lowest BCUT2D eigenvalue weighted by Crippen LogP contribution is -2.49. The van der Waals surface area contributed by atoms with E-state index in [1.54, 1.807) is 12.1 Å². The van der Waals surface area contributed by atoms with Gasteiger partial charge in [0.15, 0.2) is 0 Å². The van der Waals surface area contributed by atoms with Crippen molar-refractivity contribution in [3.05, 3.63) is 35.4 Å². The third-order valence-electron chi connectivity index (χ3n) is 5.40. The number of alkyl halides is 3. The minimum absolute atomic E-state index is 0. The molecular formula is C20H28ClF3N2O. The predicted molar refractivity (Wildman–Crippen MR) is 102 cm³/mol. The van der Waals surface area contributed by atoms with Crippen LogP contribution in [0.5, 0.6) is 0 Å². The van der Waals surface area contributed by atoms with Crippen LogP contribution < -0.4 is 0 Å². The molecule has 7 heteroatoms. The Kier molecular flexibility index (Phi) is 7.98. The van der Waals surface area contributed by atoms with Gasteiger partial charge in [-0.15, -0.1) is 12.4 Å². The predicted octanol–water partition coefficient (Wildman–Crippen LogP) is 4.23. The molecule has 2 aliphatic heterocycles. The zero-order valence-corrected chi connectivity index (χ0v) is 16.3. The van der Waals surface area contributed by atoms with Crippen LogP contribution in [0.3, 0.4) is 0 Å². The van der Waals surface area contributed by atoms with Crippen molar-refractivity contribution in [2.75, 3.05) is 26.2 Å². The Morgan fingerprint density at radius 1 is 0.963 bits per heavy atom. The number of hydrogen-bond donors (Lipinski definition) is 0. The van der Waals surface area contributed by atoms with Gasteiger partial charge in [-0.2, -0.15) is 13.2 Å². The molecule has 0 aromatic heterocycles. The Morgan fingerprint density at radius 2 is 1.56 bits per heavy atom. The van der Waals surface area contributed by atoms with Crippen LogP contribution in [-0.4, -0.2) is 54.1 Å². The molecule has 0 aliphatic carbocycles. The Balaban J connectivity index is 0.00000261. The third-order valence-corrected chi connectivity index (χ3v) is 5.40. The highest BCUT2D eigenvalue weighted by Gasteiger charge is 2.29. The van der Waals surface area contributed by atoms with Crippen LogP contribution in [0.4, 0.5) is 13.2 Å². The quantitative estimate of drug-likeness (QED) is 0.733. The SMILES string of the molecule is Cl.O=C(Cc1ccc(CC(F)(F)F)cc1)N1CCCC[C@H]1CN1CCCC1. The molecule has 1 aromatic carbocycles. The number of halogens is 4. The molecule has 2 heterocycles. The summed E-state index contributed by atoms with van der Waals surface area (Å²) in [6, 6.07) is 6.54. The summed E-state index contributed by atoms with van der Waals surface area (Å²) >= 11 is 0. The summed E-state index contributed by atoms with van der Waals surface area (Å²) in [6.07, 6.45) is 0.867. The molecule has 0 spiro atoms. The third kappa shape index (κ3) is 6.68. The summed E-state index contributed by atoms with van der Waals surface area (Å²) in [4.78, 5) is 17.2. The largest absolute Gasteiger partial charge is 0.393 e. The van der Waals surface area contributed by atoms with Crippen molar-refractivity contribution in [1.29, 1.82) is 0 Å². The van der Waals surface area contributed by atoms with Gasteiger partial charge in [0.2, 0.25) is 5.91 Å². The van der Waals surface area contributed by atoms with E-state index in [0.29, 0.717) is 0 Å². The highest BCUT2D eigenvalue weighted by molar-refractivity contribution is 5.85. The van der Waals surface area contributed by atoms with E-state index in [4.69, 9.17) is 0 Å². The average Bonchev–Trinajstić information content (AvgIpc) is 3.09. The average molecular weight is 405 g/mol. The zero-order chi connectivity index (χ0) is 18.6. The lowest BCUT2D eigenvalue weighted by Gasteiger charge is -2.38. The fourth-order valence-electron chi connectivity index (χ4n) is 4.06. The first-order valence-corrected chi connectivity index (χ1v) is 9.57. The molecule has 0 saturated carbocycles. The zero-order valence-electron chi connectivity index (χ0n) is 15.5. The van der Waals surface area contributed by atoms with Crippen LogP contribution in [-0.2, 0) is 17.6 Å². The number of amides is 1. The van der Waals surface area contributed by atoms with E-state index < -0.39 is 12.6 Å². The molecule has 2 saturated heterocycles. The summed E-state index contributed by atoms with van der Waals surface area (Å²) in [5.74, 6) is 0.0949. The fraction of sp³-hybridized carbons (Fsp3) is 0.650. The van der Waals surface area contributed by atoms with E-state index in [1.807, 2.05) is 4.90 Å².